The van der Waals surface area contributed by atoms with Crippen LogP contribution in [0, 0.1) is 18.3 Å². The van der Waals surface area contributed by atoms with E-state index in [1.54, 1.807) is 0 Å². The van der Waals surface area contributed by atoms with Gasteiger partial charge >= 0.3 is 0 Å². The van der Waals surface area contributed by atoms with E-state index in [2.05, 4.69) is 18.1 Å². The fraction of sp³-hybridized carbons (Fsp3) is 0.286. The molecule has 0 saturated carbocycles. The average Bonchev–Trinajstić information content (AvgIpc) is 2.94. The quantitative estimate of drug-likeness (QED) is 0.745. The summed E-state index contributed by atoms with van der Waals surface area (Å²) < 4.78 is 1.95. The van der Waals surface area contributed by atoms with Crippen molar-refractivity contribution >= 4 is 0 Å². The number of hydrogen-bond donors (Lipinski definition) is 0. The Hall–Kier alpha value is -2.08. The maximum Gasteiger partial charge on any atom is 0.101 e. The van der Waals surface area contributed by atoms with Crippen molar-refractivity contribution in [3.63, 3.8) is 0 Å². The van der Waals surface area contributed by atoms with Crippen LogP contribution in [0.4, 0.5) is 0 Å². The summed E-state index contributed by atoms with van der Waals surface area (Å²) in [5, 5.41) is 13.7. The number of aryl methyl sites for hydroxylation is 1. The molecule has 0 bridgehead atoms. The monoisotopic (exact) mass is 223 g/mol. The molecule has 3 nitrogen and oxygen atoms in total. The minimum Gasteiger partial charge on any atom is -0.236 e. The Labute approximate surface area is 100 Å². The topological polar surface area (TPSA) is 41.6 Å². The zero-order valence-corrected chi connectivity index (χ0v) is 9.77. The molecule has 17 heavy (non-hydrogen) atoms. The SMILES string of the molecule is Cc1nn(-c2ccccc2C#N)c2c1CCC2. The fourth-order valence-corrected chi connectivity index (χ4v) is 2.57. The Morgan fingerprint density at radius 1 is 1.29 bits per heavy atom. The fourth-order valence-electron chi connectivity index (χ4n) is 2.57. The molecule has 1 heterocycles. The zero-order valence-electron chi connectivity index (χ0n) is 9.77. The van der Waals surface area contributed by atoms with E-state index >= 15 is 0 Å². The highest BCUT2D eigenvalue weighted by molar-refractivity contribution is 5.50. The van der Waals surface area contributed by atoms with Gasteiger partial charge in [-0.2, -0.15) is 10.4 Å². The second kappa shape index (κ2) is 3.74. The molecule has 1 aliphatic rings. The molecule has 0 radical (unpaired) electrons. The minimum atomic E-state index is 0.685. The Bertz CT molecular complexity index is 617. The van der Waals surface area contributed by atoms with Gasteiger partial charge in [-0.3, -0.25) is 0 Å². The molecular formula is C14H13N3. The summed E-state index contributed by atoms with van der Waals surface area (Å²) in [6, 6.07) is 9.88. The van der Waals surface area contributed by atoms with E-state index in [-0.39, 0.29) is 0 Å². The molecule has 0 aliphatic heterocycles. The third kappa shape index (κ3) is 1.45. The van der Waals surface area contributed by atoms with Gasteiger partial charge in [-0.25, -0.2) is 4.68 Å². The minimum absolute atomic E-state index is 0.685. The molecule has 3 heteroatoms. The van der Waals surface area contributed by atoms with Crippen LogP contribution in [0.15, 0.2) is 24.3 Å². The summed E-state index contributed by atoms with van der Waals surface area (Å²) in [7, 11) is 0. The second-order valence-electron chi connectivity index (χ2n) is 4.40. The summed E-state index contributed by atoms with van der Waals surface area (Å²) in [5.41, 5.74) is 5.35. The number of rotatable bonds is 1. The van der Waals surface area contributed by atoms with Crippen molar-refractivity contribution in [1.82, 2.24) is 9.78 Å². The van der Waals surface area contributed by atoms with Gasteiger partial charge in [0.15, 0.2) is 0 Å². The van der Waals surface area contributed by atoms with Crippen LogP contribution >= 0.6 is 0 Å². The van der Waals surface area contributed by atoms with Gasteiger partial charge in [0.25, 0.3) is 0 Å². The smallest absolute Gasteiger partial charge is 0.101 e. The van der Waals surface area contributed by atoms with Gasteiger partial charge in [0.05, 0.1) is 16.9 Å². The molecule has 1 aromatic heterocycles. The molecule has 0 atom stereocenters. The third-order valence-electron chi connectivity index (χ3n) is 3.38. The predicted octanol–water partition coefficient (Wildman–Crippen LogP) is 2.54. The number of nitriles is 1. The molecule has 0 unspecified atom stereocenters. The molecule has 0 spiro atoms. The van der Waals surface area contributed by atoms with Crippen LogP contribution in [-0.4, -0.2) is 9.78 Å². The molecule has 2 aromatic rings. The van der Waals surface area contributed by atoms with Crippen molar-refractivity contribution in [3.8, 4) is 11.8 Å². The summed E-state index contributed by atoms with van der Waals surface area (Å²) in [6.07, 6.45) is 3.38. The van der Waals surface area contributed by atoms with Crippen LogP contribution in [0.1, 0.15) is 28.9 Å². The van der Waals surface area contributed by atoms with Crippen molar-refractivity contribution < 1.29 is 0 Å². The molecule has 84 valence electrons. The van der Waals surface area contributed by atoms with E-state index in [0.29, 0.717) is 5.56 Å². The van der Waals surface area contributed by atoms with Gasteiger partial charge in [0.1, 0.15) is 6.07 Å². The number of aromatic nitrogens is 2. The van der Waals surface area contributed by atoms with Crippen molar-refractivity contribution in [2.45, 2.75) is 26.2 Å². The van der Waals surface area contributed by atoms with Crippen LogP contribution in [0.5, 0.6) is 0 Å². The Morgan fingerprint density at radius 3 is 2.94 bits per heavy atom. The van der Waals surface area contributed by atoms with Crippen molar-refractivity contribution in [3.05, 3.63) is 46.8 Å². The largest absolute Gasteiger partial charge is 0.236 e. The molecular weight excluding hydrogens is 210 g/mol. The molecule has 0 saturated heterocycles. The Kier molecular flexibility index (Phi) is 2.22. The van der Waals surface area contributed by atoms with Crippen molar-refractivity contribution in [1.29, 1.82) is 5.26 Å². The highest BCUT2D eigenvalue weighted by Gasteiger charge is 2.21. The normalized spacial score (nSPS) is 13.4. The Balaban J connectivity index is 2.23. The first-order valence-corrected chi connectivity index (χ1v) is 5.88. The van der Waals surface area contributed by atoms with Gasteiger partial charge in [-0.1, -0.05) is 12.1 Å². The summed E-state index contributed by atoms with van der Waals surface area (Å²) >= 11 is 0. The van der Waals surface area contributed by atoms with Gasteiger partial charge in [-0.05, 0) is 43.9 Å². The molecule has 0 N–H and O–H groups in total. The number of para-hydroxylation sites is 1. The molecule has 0 fully saturated rings. The maximum absolute atomic E-state index is 9.14. The second-order valence-corrected chi connectivity index (χ2v) is 4.40. The summed E-state index contributed by atoms with van der Waals surface area (Å²) in [5.74, 6) is 0. The van der Waals surface area contributed by atoms with E-state index in [4.69, 9.17) is 5.26 Å². The van der Waals surface area contributed by atoms with Gasteiger partial charge in [0.2, 0.25) is 0 Å². The number of hydrogen-bond acceptors (Lipinski definition) is 2. The van der Waals surface area contributed by atoms with Gasteiger partial charge in [-0.15, -0.1) is 0 Å². The lowest BCUT2D eigenvalue weighted by Crippen LogP contribution is -2.03. The van der Waals surface area contributed by atoms with E-state index < -0.39 is 0 Å². The summed E-state index contributed by atoms with van der Waals surface area (Å²) in [6.45, 7) is 2.05. The Morgan fingerprint density at radius 2 is 2.12 bits per heavy atom. The van der Waals surface area contributed by atoms with Crippen LogP contribution in [-0.2, 0) is 12.8 Å². The lowest BCUT2D eigenvalue weighted by Gasteiger charge is -2.06. The van der Waals surface area contributed by atoms with Crippen LogP contribution in [0.2, 0.25) is 0 Å². The zero-order chi connectivity index (χ0) is 11.8. The first-order valence-electron chi connectivity index (χ1n) is 5.88. The third-order valence-corrected chi connectivity index (χ3v) is 3.38. The van der Waals surface area contributed by atoms with E-state index in [0.717, 1.165) is 24.2 Å². The van der Waals surface area contributed by atoms with Crippen molar-refractivity contribution in [2.75, 3.05) is 0 Å². The van der Waals surface area contributed by atoms with Gasteiger partial charge < -0.3 is 0 Å². The molecule has 3 rings (SSSR count). The highest BCUT2D eigenvalue weighted by Crippen LogP contribution is 2.28. The van der Waals surface area contributed by atoms with E-state index in [1.807, 2.05) is 28.9 Å². The summed E-state index contributed by atoms with van der Waals surface area (Å²) in [4.78, 5) is 0. The van der Waals surface area contributed by atoms with E-state index in [1.165, 1.54) is 17.7 Å². The lowest BCUT2D eigenvalue weighted by atomic mass is 10.2. The highest BCUT2D eigenvalue weighted by atomic mass is 15.3. The molecule has 1 aliphatic carbocycles. The first kappa shape index (κ1) is 10.1. The number of fused-ring (bicyclic) bond motifs is 1. The number of benzene rings is 1. The van der Waals surface area contributed by atoms with E-state index in [9.17, 15) is 0 Å². The van der Waals surface area contributed by atoms with Crippen LogP contribution in [0.3, 0.4) is 0 Å². The van der Waals surface area contributed by atoms with Crippen LogP contribution < -0.4 is 0 Å². The van der Waals surface area contributed by atoms with Crippen LogP contribution in [0.25, 0.3) is 5.69 Å². The standard InChI is InChI=1S/C14H13N3/c1-10-12-6-4-8-14(12)17(16-10)13-7-3-2-5-11(13)9-15/h2-3,5,7H,4,6,8H2,1H3. The lowest BCUT2D eigenvalue weighted by molar-refractivity contribution is 0.772. The predicted molar refractivity (Wildman–Crippen MR) is 65.0 cm³/mol. The number of nitrogens with zero attached hydrogens (tertiary/aromatic N) is 3. The van der Waals surface area contributed by atoms with Crippen molar-refractivity contribution in [2.24, 2.45) is 0 Å². The first-order chi connectivity index (χ1) is 8.31. The molecule has 1 aromatic carbocycles. The molecule has 0 amide bonds. The maximum atomic E-state index is 9.14. The van der Waals surface area contributed by atoms with Gasteiger partial charge in [0, 0.05) is 5.69 Å². The average molecular weight is 223 g/mol.